The van der Waals surface area contributed by atoms with Gasteiger partial charge in [-0.15, -0.1) is 0 Å². The first-order chi connectivity index (χ1) is 19.0. The maximum Gasteiger partial charge on any atom is 0.343 e. The highest BCUT2D eigenvalue weighted by Gasteiger charge is 2.22. The summed E-state index contributed by atoms with van der Waals surface area (Å²) in [6, 6.07) is 31.9. The van der Waals surface area contributed by atoms with Crippen LogP contribution < -0.4 is 10.1 Å². The normalized spacial score (nSPS) is 14.0. The molecule has 0 aliphatic carbocycles. The third-order valence-electron chi connectivity index (χ3n) is 6.02. The van der Waals surface area contributed by atoms with Crippen LogP contribution in [0.5, 0.6) is 5.75 Å². The highest BCUT2D eigenvalue weighted by atomic mass is 32.2. The smallest absolute Gasteiger partial charge is 0.343 e. The summed E-state index contributed by atoms with van der Waals surface area (Å²) in [7, 11) is 0. The molecule has 188 valence electrons. The lowest BCUT2D eigenvalue weighted by atomic mass is 10.0. The van der Waals surface area contributed by atoms with Gasteiger partial charge in [0, 0.05) is 11.1 Å². The number of aromatic nitrogens is 2. The lowest BCUT2D eigenvalue weighted by Gasteiger charge is -2.11. The predicted molar refractivity (Wildman–Crippen MR) is 158 cm³/mol. The number of esters is 1. The molecule has 0 unspecified atom stereocenters. The fourth-order valence-electron chi connectivity index (χ4n) is 4.15. The van der Waals surface area contributed by atoms with Crippen LogP contribution in [0.4, 0.5) is 0 Å². The van der Waals surface area contributed by atoms with Crippen LogP contribution in [0.3, 0.4) is 0 Å². The molecule has 1 fully saturated rings. The number of thioether (sulfide) groups is 1. The third kappa shape index (κ3) is 5.34. The lowest BCUT2D eigenvalue weighted by molar-refractivity contribution is -0.115. The second-order valence-corrected chi connectivity index (χ2v) is 10.4. The molecule has 39 heavy (non-hydrogen) atoms. The van der Waals surface area contributed by atoms with Crippen molar-refractivity contribution < 1.29 is 14.3 Å². The van der Waals surface area contributed by atoms with E-state index in [4.69, 9.17) is 26.9 Å². The van der Waals surface area contributed by atoms with E-state index in [1.165, 1.54) is 11.8 Å². The monoisotopic (exact) mass is 545 g/mol. The number of carbonyl (C=O) groups excluding carboxylic acids is 2. The minimum atomic E-state index is -0.505. The molecule has 1 amide bonds. The van der Waals surface area contributed by atoms with E-state index in [0.29, 0.717) is 31.6 Å². The summed E-state index contributed by atoms with van der Waals surface area (Å²) < 4.78 is 6.04. The maximum absolute atomic E-state index is 13.0. The van der Waals surface area contributed by atoms with E-state index in [-0.39, 0.29) is 5.91 Å². The van der Waals surface area contributed by atoms with E-state index in [2.05, 4.69) is 5.32 Å². The molecule has 1 aliphatic rings. The van der Waals surface area contributed by atoms with Crippen molar-refractivity contribution in [2.24, 2.45) is 0 Å². The highest BCUT2D eigenvalue weighted by Crippen LogP contribution is 2.31. The van der Waals surface area contributed by atoms with Crippen LogP contribution in [0.15, 0.2) is 108 Å². The SMILES string of the molecule is O=C1NC(=S)S/C1=C\c1ccc(OC(=O)c2ccc3nc(-c4ccccc4)c(-c4ccccc4)nc3c2)cc1. The van der Waals surface area contributed by atoms with Gasteiger partial charge in [0.05, 0.1) is 32.9 Å². The van der Waals surface area contributed by atoms with Gasteiger partial charge in [-0.1, -0.05) is 96.8 Å². The minimum absolute atomic E-state index is 0.216. The van der Waals surface area contributed by atoms with Gasteiger partial charge >= 0.3 is 5.97 Å². The first kappa shape index (κ1) is 24.7. The average molecular weight is 546 g/mol. The Morgan fingerprint density at radius 2 is 1.41 bits per heavy atom. The number of carbonyl (C=O) groups is 2. The maximum atomic E-state index is 13.0. The van der Waals surface area contributed by atoms with Crippen LogP contribution in [0.1, 0.15) is 15.9 Å². The van der Waals surface area contributed by atoms with Gasteiger partial charge in [0.2, 0.25) is 0 Å². The van der Waals surface area contributed by atoms with Gasteiger partial charge in [-0.05, 0) is 42.0 Å². The van der Waals surface area contributed by atoms with Crippen LogP contribution in [0.2, 0.25) is 0 Å². The molecule has 8 heteroatoms. The molecule has 1 aliphatic heterocycles. The molecule has 0 bridgehead atoms. The van der Waals surface area contributed by atoms with E-state index < -0.39 is 5.97 Å². The zero-order valence-electron chi connectivity index (χ0n) is 20.3. The Hall–Kier alpha value is -4.66. The van der Waals surface area contributed by atoms with Gasteiger partial charge in [0.15, 0.2) is 0 Å². The Morgan fingerprint density at radius 3 is 2.00 bits per heavy atom. The summed E-state index contributed by atoms with van der Waals surface area (Å²) in [6.45, 7) is 0. The number of nitrogens with zero attached hydrogens (tertiary/aromatic N) is 2. The first-order valence-corrected chi connectivity index (χ1v) is 13.3. The van der Waals surface area contributed by atoms with E-state index >= 15 is 0 Å². The van der Waals surface area contributed by atoms with E-state index in [1.54, 1.807) is 48.5 Å². The number of amides is 1. The molecule has 0 atom stereocenters. The summed E-state index contributed by atoms with van der Waals surface area (Å²) in [4.78, 5) is 35.2. The molecule has 1 N–H and O–H groups in total. The van der Waals surface area contributed by atoms with Gasteiger partial charge in [0.1, 0.15) is 10.1 Å². The number of benzene rings is 4. The molecule has 6 nitrogen and oxygen atoms in total. The Balaban J connectivity index is 1.28. The molecule has 1 aromatic heterocycles. The summed E-state index contributed by atoms with van der Waals surface area (Å²) in [5.74, 6) is -0.336. The van der Waals surface area contributed by atoms with Gasteiger partial charge in [-0.2, -0.15) is 0 Å². The number of ether oxygens (including phenoxy) is 1. The van der Waals surface area contributed by atoms with Crippen molar-refractivity contribution in [1.29, 1.82) is 0 Å². The molecule has 0 radical (unpaired) electrons. The standard InChI is InChI=1S/C31H19N3O3S2/c35-29-26(39-31(38)34-29)17-19-11-14-23(15-12-19)37-30(36)22-13-16-24-25(18-22)33-28(21-9-5-2-6-10-21)27(32-24)20-7-3-1-4-8-20/h1-18H,(H,34,35,38)/b26-17-. The molecule has 5 aromatic rings. The van der Waals surface area contributed by atoms with Crippen molar-refractivity contribution in [2.75, 3.05) is 0 Å². The van der Waals surface area contributed by atoms with Gasteiger partial charge in [-0.25, -0.2) is 14.8 Å². The molecule has 4 aromatic carbocycles. The van der Waals surface area contributed by atoms with Crippen molar-refractivity contribution in [3.8, 4) is 28.3 Å². The topological polar surface area (TPSA) is 81.2 Å². The van der Waals surface area contributed by atoms with Crippen LogP contribution in [-0.2, 0) is 4.79 Å². The Labute approximate surface area is 233 Å². The molecule has 1 saturated heterocycles. The second kappa shape index (κ2) is 10.6. The zero-order valence-corrected chi connectivity index (χ0v) is 22.0. The summed E-state index contributed by atoms with van der Waals surface area (Å²) >= 11 is 6.23. The van der Waals surface area contributed by atoms with Crippen LogP contribution >= 0.6 is 24.0 Å². The van der Waals surface area contributed by atoms with E-state index in [9.17, 15) is 9.59 Å². The fraction of sp³-hybridized carbons (Fsp3) is 0. The predicted octanol–water partition coefficient (Wildman–Crippen LogP) is 6.67. The number of hydrogen-bond acceptors (Lipinski definition) is 7. The third-order valence-corrected chi connectivity index (χ3v) is 7.19. The fourth-order valence-corrected chi connectivity index (χ4v) is 5.19. The number of rotatable bonds is 5. The van der Waals surface area contributed by atoms with Gasteiger partial charge < -0.3 is 10.1 Å². The van der Waals surface area contributed by atoms with Crippen LogP contribution in [0.25, 0.3) is 39.6 Å². The summed E-state index contributed by atoms with van der Waals surface area (Å²) in [6.07, 6.45) is 1.74. The minimum Gasteiger partial charge on any atom is -0.423 e. The quantitative estimate of drug-likeness (QED) is 0.114. The molecule has 2 heterocycles. The Kier molecular flexibility index (Phi) is 6.71. The molecular formula is C31H19N3O3S2. The summed E-state index contributed by atoms with van der Waals surface area (Å²) in [5, 5.41) is 2.59. The van der Waals surface area contributed by atoms with Crippen LogP contribution in [0, 0.1) is 0 Å². The first-order valence-electron chi connectivity index (χ1n) is 12.0. The lowest BCUT2D eigenvalue weighted by Crippen LogP contribution is -2.17. The van der Waals surface area contributed by atoms with Crippen molar-refractivity contribution in [3.05, 3.63) is 119 Å². The number of fused-ring (bicyclic) bond motifs is 1. The number of nitrogens with one attached hydrogen (secondary N) is 1. The number of hydrogen-bond donors (Lipinski definition) is 1. The molecular weight excluding hydrogens is 526 g/mol. The molecule has 0 saturated carbocycles. The van der Waals surface area contributed by atoms with Gasteiger partial charge in [-0.3, -0.25) is 4.79 Å². The van der Waals surface area contributed by atoms with Crippen molar-refractivity contribution in [1.82, 2.24) is 15.3 Å². The summed E-state index contributed by atoms with van der Waals surface area (Å²) in [5.41, 5.74) is 5.83. The second-order valence-electron chi connectivity index (χ2n) is 8.67. The van der Waals surface area contributed by atoms with Gasteiger partial charge in [0.25, 0.3) is 5.91 Å². The Bertz CT molecular complexity index is 1770. The van der Waals surface area contributed by atoms with Crippen LogP contribution in [-0.4, -0.2) is 26.2 Å². The average Bonchev–Trinajstić information content (AvgIpc) is 3.29. The van der Waals surface area contributed by atoms with E-state index in [0.717, 1.165) is 28.1 Å². The van der Waals surface area contributed by atoms with Crippen molar-refractivity contribution >= 4 is 57.3 Å². The molecule has 6 rings (SSSR count). The number of thiocarbonyl (C=S) groups is 1. The Morgan fingerprint density at radius 1 is 0.795 bits per heavy atom. The zero-order chi connectivity index (χ0) is 26.8. The van der Waals surface area contributed by atoms with Crippen molar-refractivity contribution in [3.63, 3.8) is 0 Å². The largest absolute Gasteiger partial charge is 0.423 e. The molecule has 0 spiro atoms. The van der Waals surface area contributed by atoms with Crippen molar-refractivity contribution in [2.45, 2.75) is 0 Å². The van der Waals surface area contributed by atoms with E-state index in [1.807, 2.05) is 60.7 Å². The highest BCUT2D eigenvalue weighted by molar-refractivity contribution is 8.26.